The largest absolute Gasteiger partial charge is 0.370 e. The van der Waals surface area contributed by atoms with Crippen LogP contribution in [0.3, 0.4) is 0 Å². The van der Waals surface area contributed by atoms with Gasteiger partial charge in [-0.3, -0.25) is 4.79 Å². The van der Waals surface area contributed by atoms with E-state index in [2.05, 4.69) is 5.32 Å². The topological polar surface area (TPSA) is 98.5 Å². The van der Waals surface area contributed by atoms with Crippen LogP contribution < -0.4 is 11.1 Å². The molecule has 0 spiro atoms. The van der Waals surface area contributed by atoms with E-state index in [4.69, 9.17) is 10.5 Å². The lowest BCUT2D eigenvalue weighted by molar-refractivity contribution is -0.127. The van der Waals surface area contributed by atoms with Gasteiger partial charge < -0.3 is 15.8 Å². The summed E-state index contributed by atoms with van der Waals surface area (Å²) in [7, 11) is -3.00. The Balaban J connectivity index is 2.39. The maximum atomic E-state index is 11.4. The minimum atomic E-state index is -3.00. The molecule has 0 aliphatic carbocycles. The normalized spacial score (nSPS) is 27.9. The summed E-state index contributed by atoms with van der Waals surface area (Å²) in [6, 6.07) is 0. The highest BCUT2D eigenvalue weighted by Crippen LogP contribution is 2.22. The molecule has 6 nitrogen and oxygen atoms in total. The average molecular weight is 250 g/mol. The number of nitrogens with two attached hydrogens (primary N) is 1. The van der Waals surface area contributed by atoms with Crippen LogP contribution in [-0.4, -0.2) is 51.1 Å². The van der Waals surface area contributed by atoms with E-state index in [9.17, 15) is 13.2 Å². The van der Waals surface area contributed by atoms with Crippen molar-refractivity contribution in [1.29, 1.82) is 0 Å². The second kappa shape index (κ2) is 5.11. The Kier molecular flexibility index (Phi) is 4.28. The first-order chi connectivity index (χ1) is 7.37. The number of hydrogen-bond acceptors (Lipinski definition) is 5. The molecule has 0 aromatic rings. The van der Waals surface area contributed by atoms with Crippen molar-refractivity contribution in [2.45, 2.75) is 18.9 Å². The Bertz CT molecular complexity index is 355. The van der Waals surface area contributed by atoms with Gasteiger partial charge in [-0.05, 0) is 13.3 Å². The highest BCUT2D eigenvalue weighted by Gasteiger charge is 2.39. The predicted molar refractivity (Wildman–Crippen MR) is 59.7 cm³/mol. The van der Waals surface area contributed by atoms with E-state index < -0.39 is 15.4 Å². The standard InChI is InChI=1S/C9H18N2O4S/c1-9(2-5-16(13,14)7-9)11-8(12)6-15-4-3-10/h2-7,10H2,1H3,(H,11,12). The van der Waals surface area contributed by atoms with E-state index in [0.717, 1.165) is 0 Å². The number of amides is 1. The van der Waals surface area contributed by atoms with Gasteiger partial charge in [-0.15, -0.1) is 0 Å². The zero-order valence-corrected chi connectivity index (χ0v) is 10.2. The third-order valence-corrected chi connectivity index (χ3v) is 4.34. The molecule has 1 saturated heterocycles. The van der Waals surface area contributed by atoms with Gasteiger partial charge in [0.1, 0.15) is 6.61 Å². The smallest absolute Gasteiger partial charge is 0.246 e. The molecular weight excluding hydrogens is 232 g/mol. The molecule has 0 aromatic carbocycles. The summed E-state index contributed by atoms with van der Waals surface area (Å²) in [5, 5.41) is 2.69. The fraction of sp³-hybridized carbons (Fsp3) is 0.889. The number of hydrogen-bond donors (Lipinski definition) is 2. The molecule has 16 heavy (non-hydrogen) atoms. The van der Waals surface area contributed by atoms with Crippen LogP contribution in [0.25, 0.3) is 0 Å². The third-order valence-electron chi connectivity index (χ3n) is 2.44. The van der Waals surface area contributed by atoms with Crippen molar-refractivity contribution in [1.82, 2.24) is 5.32 Å². The summed E-state index contributed by atoms with van der Waals surface area (Å²) in [4.78, 5) is 11.4. The molecule has 0 bridgehead atoms. The first-order valence-electron chi connectivity index (χ1n) is 5.16. The van der Waals surface area contributed by atoms with Gasteiger partial charge >= 0.3 is 0 Å². The van der Waals surface area contributed by atoms with Crippen molar-refractivity contribution in [2.24, 2.45) is 5.73 Å². The minimum Gasteiger partial charge on any atom is -0.370 e. The van der Waals surface area contributed by atoms with Crippen molar-refractivity contribution < 1.29 is 17.9 Å². The fourth-order valence-electron chi connectivity index (χ4n) is 1.73. The van der Waals surface area contributed by atoms with Gasteiger partial charge in [0.05, 0.1) is 23.7 Å². The molecule has 1 rings (SSSR count). The lowest BCUT2D eigenvalue weighted by Gasteiger charge is -2.23. The molecule has 1 aliphatic heterocycles. The van der Waals surface area contributed by atoms with E-state index in [1.165, 1.54) is 0 Å². The Morgan fingerprint density at radius 1 is 1.56 bits per heavy atom. The molecule has 0 aromatic heterocycles. The molecule has 3 N–H and O–H groups in total. The summed E-state index contributed by atoms with van der Waals surface area (Å²) < 4.78 is 27.5. The molecule has 1 amide bonds. The second-order valence-electron chi connectivity index (χ2n) is 4.29. The molecule has 94 valence electrons. The van der Waals surface area contributed by atoms with Crippen molar-refractivity contribution >= 4 is 15.7 Å². The quantitative estimate of drug-likeness (QED) is 0.588. The molecule has 1 atom stereocenters. The van der Waals surface area contributed by atoms with Crippen LogP contribution in [0.15, 0.2) is 0 Å². The maximum absolute atomic E-state index is 11.4. The monoisotopic (exact) mass is 250 g/mol. The van der Waals surface area contributed by atoms with Crippen LogP contribution in [0.1, 0.15) is 13.3 Å². The highest BCUT2D eigenvalue weighted by molar-refractivity contribution is 7.91. The minimum absolute atomic E-state index is 0.00261. The Hall–Kier alpha value is -0.660. The number of carbonyl (C=O) groups excluding carboxylic acids is 1. The first-order valence-corrected chi connectivity index (χ1v) is 6.98. The van der Waals surface area contributed by atoms with Gasteiger partial charge in [0.2, 0.25) is 5.91 Å². The predicted octanol–water partition coefficient (Wildman–Crippen LogP) is -1.34. The molecule has 7 heteroatoms. The molecule has 0 saturated carbocycles. The van der Waals surface area contributed by atoms with Crippen LogP contribution in [0.5, 0.6) is 0 Å². The van der Waals surface area contributed by atoms with Crippen LogP contribution >= 0.6 is 0 Å². The van der Waals surface area contributed by atoms with Gasteiger partial charge in [0.25, 0.3) is 0 Å². The second-order valence-corrected chi connectivity index (χ2v) is 6.48. The molecule has 0 radical (unpaired) electrons. The number of nitrogens with one attached hydrogen (secondary N) is 1. The van der Waals surface area contributed by atoms with Gasteiger partial charge in [-0.25, -0.2) is 8.42 Å². The van der Waals surface area contributed by atoms with Crippen molar-refractivity contribution in [3.63, 3.8) is 0 Å². The summed E-state index contributed by atoms with van der Waals surface area (Å²) in [6.07, 6.45) is 0.456. The Morgan fingerprint density at radius 3 is 2.75 bits per heavy atom. The van der Waals surface area contributed by atoms with E-state index in [1.54, 1.807) is 6.92 Å². The number of carbonyl (C=O) groups is 1. The van der Waals surface area contributed by atoms with E-state index in [0.29, 0.717) is 19.6 Å². The summed E-state index contributed by atoms with van der Waals surface area (Å²) in [5.41, 5.74) is 4.55. The number of sulfone groups is 1. The van der Waals surface area contributed by atoms with Gasteiger partial charge in [-0.1, -0.05) is 0 Å². The van der Waals surface area contributed by atoms with E-state index in [-0.39, 0.29) is 24.0 Å². The lowest BCUT2D eigenvalue weighted by atomic mass is 10.0. The van der Waals surface area contributed by atoms with Crippen LogP contribution in [0, 0.1) is 0 Å². The highest BCUT2D eigenvalue weighted by atomic mass is 32.2. The molecule has 1 aliphatic rings. The zero-order valence-electron chi connectivity index (χ0n) is 9.36. The zero-order chi connectivity index (χ0) is 12.2. The van der Waals surface area contributed by atoms with Crippen molar-refractivity contribution in [3.05, 3.63) is 0 Å². The summed E-state index contributed by atoms with van der Waals surface area (Å²) >= 11 is 0. The SMILES string of the molecule is CC1(NC(=O)COCCN)CCS(=O)(=O)C1. The van der Waals surface area contributed by atoms with Crippen LogP contribution in [0.2, 0.25) is 0 Å². The van der Waals surface area contributed by atoms with Crippen LogP contribution in [-0.2, 0) is 19.4 Å². The fourth-order valence-corrected chi connectivity index (χ4v) is 3.82. The molecule has 1 fully saturated rings. The number of ether oxygens (including phenoxy) is 1. The number of rotatable bonds is 5. The maximum Gasteiger partial charge on any atom is 0.246 e. The third kappa shape index (κ3) is 4.07. The van der Waals surface area contributed by atoms with E-state index >= 15 is 0 Å². The summed E-state index contributed by atoms with van der Waals surface area (Å²) in [6.45, 7) is 2.34. The molecule has 1 heterocycles. The molecular formula is C9H18N2O4S. The van der Waals surface area contributed by atoms with Crippen LogP contribution in [0.4, 0.5) is 0 Å². The van der Waals surface area contributed by atoms with Crippen molar-refractivity contribution in [3.8, 4) is 0 Å². The first kappa shape index (κ1) is 13.4. The van der Waals surface area contributed by atoms with Crippen molar-refractivity contribution in [2.75, 3.05) is 31.3 Å². The average Bonchev–Trinajstić information content (AvgIpc) is 2.40. The Morgan fingerprint density at radius 2 is 2.25 bits per heavy atom. The molecule has 1 unspecified atom stereocenters. The lowest BCUT2D eigenvalue weighted by Crippen LogP contribution is -2.48. The van der Waals surface area contributed by atoms with E-state index in [1.807, 2.05) is 0 Å². The van der Waals surface area contributed by atoms with Gasteiger partial charge in [-0.2, -0.15) is 0 Å². The summed E-state index contributed by atoms with van der Waals surface area (Å²) in [5.74, 6) is -0.163. The van der Waals surface area contributed by atoms with Gasteiger partial charge in [0.15, 0.2) is 9.84 Å². The Labute approximate surface area is 95.4 Å². The van der Waals surface area contributed by atoms with Gasteiger partial charge in [0, 0.05) is 6.54 Å².